The van der Waals surface area contributed by atoms with Gasteiger partial charge in [0.25, 0.3) is 0 Å². The molecule has 1 aromatic heterocycles. The number of anilines is 1. The number of nitrogens with zero attached hydrogens (tertiary/aromatic N) is 2. The van der Waals surface area contributed by atoms with Gasteiger partial charge < -0.3 is 4.90 Å². The molecular weight excluding hydrogens is 381 g/mol. The van der Waals surface area contributed by atoms with Crippen LogP contribution in [0.5, 0.6) is 0 Å². The quantitative estimate of drug-likeness (QED) is 0.587. The molecule has 142 valence electrons. The molecule has 27 heavy (non-hydrogen) atoms. The van der Waals surface area contributed by atoms with Crippen molar-refractivity contribution in [2.24, 2.45) is 0 Å². The van der Waals surface area contributed by atoms with Crippen LogP contribution in [-0.2, 0) is 4.79 Å². The lowest BCUT2D eigenvalue weighted by molar-refractivity contribution is -0.858. The minimum absolute atomic E-state index is 0.0251. The summed E-state index contributed by atoms with van der Waals surface area (Å²) >= 11 is 2.97. The van der Waals surface area contributed by atoms with E-state index in [0.717, 1.165) is 33.2 Å². The number of fused-ring (bicyclic) bond motifs is 1. The maximum Gasteiger partial charge on any atom is 0.239 e. The van der Waals surface area contributed by atoms with Crippen molar-refractivity contribution in [3.63, 3.8) is 0 Å². The van der Waals surface area contributed by atoms with E-state index in [-0.39, 0.29) is 11.7 Å². The number of aromatic nitrogens is 1. The van der Waals surface area contributed by atoms with Crippen LogP contribution in [0.1, 0.15) is 6.42 Å². The number of thioether (sulfide) groups is 1. The van der Waals surface area contributed by atoms with Crippen molar-refractivity contribution in [2.45, 2.75) is 11.3 Å². The maximum atomic E-state index is 13.0. The van der Waals surface area contributed by atoms with Gasteiger partial charge in [0.2, 0.25) is 5.91 Å². The fraction of sp³-hybridized carbons (Fsp3) is 0.300. The zero-order valence-electron chi connectivity index (χ0n) is 15.4. The Hall–Kier alpha value is -1.96. The van der Waals surface area contributed by atoms with Gasteiger partial charge in [-0.05, 0) is 36.4 Å². The summed E-state index contributed by atoms with van der Waals surface area (Å²) in [5.74, 6) is 0.0567. The lowest BCUT2D eigenvalue weighted by atomic mass is 10.3. The summed E-state index contributed by atoms with van der Waals surface area (Å²) in [5.41, 5.74) is 0.916. The highest BCUT2D eigenvalue weighted by atomic mass is 32.2. The summed E-state index contributed by atoms with van der Waals surface area (Å²) in [6, 6.07) is 14.2. The number of benzene rings is 2. The number of hydrogen-bond acceptors (Lipinski definition) is 4. The number of rotatable bonds is 8. The van der Waals surface area contributed by atoms with Crippen LogP contribution < -0.4 is 9.80 Å². The van der Waals surface area contributed by atoms with Gasteiger partial charge in [0, 0.05) is 17.9 Å². The van der Waals surface area contributed by atoms with Crippen LogP contribution in [0.4, 0.5) is 9.52 Å². The Morgan fingerprint density at radius 1 is 1.19 bits per heavy atom. The SMILES string of the molecule is C[NH+](C)CCCN(C(=O)CSc1ccc(F)cc1)c1nc2ccccc2s1. The predicted octanol–water partition coefficient (Wildman–Crippen LogP) is 3.10. The number of hydrogen-bond donors (Lipinski definition) is 1. The molecule has 0 unspecified atom stereocenters. The highest BCUT2D eigenvalue weighted by Gasteiger charge is 2.20. The number of para-hydroxylation sites is 1. The molecule has 0 aliphatic rings. The van der Waals surface area contributed by atoms with Crippen molar-refractivity contribution >= 4 is 44.4 Å². The lowest BCUT2D eigenvalue weighted by Crippen LogP contribution is -3.05. The van der Waals surface area contributed by atoms with Crippen molar-refractivity contribution in [2.75, 3.05) is 37.8 Å². The third-order valence-corrected chi connectivity index (χ3v) is 6.11. The number of quaternary nitrogens is 1. The first-order valence-electron chi connectivity index (χ1n) is 8.86. The molecule has 7 heteroatoms. The Labute approximate surface area is 167 Å². The molecule has 0 fully saturated rings. The number of thiazole rings is 1. The van der Waals surface area contributed by atoms with E-state index in [4.69, 9.17) is 0 Å². The molecule has 1 N–H and O–H groups in total. The highest BCUT2D eigenvalue weighted by molar-refractivity contribution is 8.00. The molecule has 1 amide bonds. The summed E-state index contributed by atoms with van der Waals surface area (Å²) in [6.07, 6.45) is 0.908. The first kappa shape index (κ1) is 19.8. The van der Waals surface area contributed by atoms with Crippen LogP contribution in [0.25, 0.3) is 10.2 Å². The van der Waals surface area contributed by atoms with Crippen molar-refractivity contribution in [3.8, 4) is 0 Å². The van der Waals surface area contributed by atoms with Gasteiger partial charge in [-0.15, -0.1) is 11.8 Å². The number of nitrogens with one attached hydrogen (secondary N) is 1. The first-order valence-corrected chi connectivity index (χ1v) is 10.7. The predicted molar refractivity (Wildman–Crippen MR) is 111 cm³/mol. The van der Waals surface area contributed by atoms with E-state index in [1.54, 1.807) is 28.4 Å². The second-order valence-electron chi connectivity index (χ2n) is 6.56. The molecule has 2 aromatic carbocycles. The summed E-state index contributed by atoms with van der Waals surface area (Å²) in [6.45, 7) is 1.63. The van der Waals surface area contributed by atoms with Crippen molar-refractivity contribution < 1.29 is 14.1 Å². The molecular formula is C20H23FN3OS2+. The molecule has 0 spiro atoms. The Kier molecular flexibility index (Phi) is 6.82. The van der Waals surface area contributed by atoms with E-state index in [1.165, 1.54) is 28.8 Å². The van der Waals surface area contributed by atoms with Crippen LogP contribution in [0.3, 0.4) is 0 Å². The average Bonchev–Trinajstić information content (AvgIpc) is 3.08. The molecule has 3 aromatic rings. The van der Waals surface area contributed by atoms with Gasteiger partial charge >= 0.3 is 0 Å². The van der Waals surface area contributed by atoms with E-state index in [1.807, 2.05) is 24.3 Å². The smallest absolute Gasteiger partial charge is 0.239 e. The van der Waals surface area contributed by atoms with E-state index < -0.39 is 0 Å². The van der Waals surface area contributed by atoms with Crippen LogP contribution in [0.15, 0.2) is 53.4 Å². The van der Waals surface area contributed by atoms with Gasteiger partial charge in [0.15, 0.2) is 5.13 Å². The number of halogens is 1. The second kappa shape index (κ2) is 9.30. The molecule has 1 heterocycles. The largest absolute Gasteiger partial charge is 0.340 e. The summed E-state index contributed by atoms with van der Waals surface area (Å²) in [7, 11) is 4.21. The lowest BCUT2D eigenvalue weighted by Gasteiger charge is -2.20. The van der Waals surface area contributed by atoms with Crippen molar-refractivity contribution in [1.82, 2.24) is 4.98 Å². The van der Waals surface area contributed by atoms with Crippen molar-refractivity contribution in [1.29, 1.82) is 0 Å². The van der Waals surface area contributed by atoms with Crippen LogP contribution in [0.2, 0.25) is 0 Å². The fourth-order valence-corrected chi connectivity index (χ4v) is 4.43. The van der Waals surface area contributed by atoms with Crippen molar-refractivity contribution in [3.05, 3.63) is 54.3 Å². The van der Waals surface area contributed by atoms with Gasteiger partial charge in [-0.3, -0.25) is 9.69 Å². The molecule has 0 bridgehead atoms. The topological polar surface area (TPSA) is 37.6 Å². The molecule has 0 saturated carbocycles. The maximum absolute atomic E-state index is 13.0. The van der Waals surface area contributed by atoms with E-state index >= 15 is 0 Å². The fourth-order valence-electron chi connectivity index (χ4n) is 2.65. The number of carbonyl (C=O) groups excluding carboxylic acids is 1. The third kappa shape index (κ3) is 5.51. The van der Waals surface area contributed by atoms with Crippen LogP contribution >= 0.6 is 23.1 Å². The van der Waals surface area contributed by atoms with Gasteiger partial charge in [-0.25, -0.2) is 9.37 Å². The Balaban J connectivity index is 1.73. The normalized spacial score (nSPS) is 11.3. The Morgan fingerprint density at radius 3 is 2.63 bits per heavy atom. The van der Waals surface area contributed by atoms with Gasteiger partial charge in [-0.2, -0.15) is 0 Å². The third-order valence-electron chi connectivity index (χ3n) is 4.05. The number of amides is 1. The highest BCUT2D eigenvalue weighted by Crippen LogP contribution is 2.29. The molecule has 4 nitrogen and oxygen atoms in total. The zero-order valence-corrected chi connectivity index (χ0v) is 17.1. The van der Waals surface area contributed by atoms with Crippen LogP contribution in [-0.4, -0.2) is 43.8 Å². The van der Waals surface area contributed by atoms with Gasteiger partial charge in [-0.1, -0.05) is 23.5 Å². The molecule has 0 saturated heterocycles. The molecule has 0 aliphatic heterocycles. The Morgan fingerprint density at radius 2 is 1.93 bits per heavy atom. The monoisotopic (exact) mass is 404 g/mol. The molecule has 0 aliphatic carbocycles. The van der Waals surface area contributed by atoms with Crippen LogP contribution in [0, 0.1) is 5.82 Å². The first-order chi connectivity index (χ1) is 13.0. The minimum Gasteiger partial charge on any atom is -0.340 e. The summed E-state index contributed by atoms with van der Waals surface area (Å²) in [4.78, 5) is 21.6. The molecule has 0 radical (unpaired) electrons. The minimum atomic E-state index is -0.270. The summed E-state index contributed by atoms with van der Waals surface area (Å²) in [5, 5.41) is 0.745. The van der Waals surface area contributed by atoms with E-state index in [9.17, 15) is 9.18 Å². The summed E-state index contributed by atoms with van der Waals surface area (Å²) < 4.78 is 14.1. The van der Waals surface area contributed by atoms with E-state index in [0.29, 0.717) is 12.3 Å². The standard InChI is InChI=1S/C20H22FN3OS2/c1-23(2)12-5-13-24(20-22-17-6-3-4-7-18(17)27-20)19(25)14-26-16-10-8-15(21)9-11-16/h3-4,6-11H,5,12-14H2,1-2H3/p+1. The molecule has 0 atom stereocenters. The number of carbonyl (C=O) groups is 1. The van der Waals surface area contributed by atoms with Gasteiger partial charge in [0.05, 0.1) is 36.6 Å². The Bertz CT molecular complexity index is 863. The zero-order chi connectivity index (χ0) is 19.2. The van der Waals surface area contributed by atoms with E-state index in [2.05, 4.69) is 19.1 Å². The average molecular weight is 405 g/mol. The second-order valence-corrected chi connectivity index (χ2v) is 8.62. The van der Waals surface area contributed by atoms with Gasteiger partial charge in [0.1, 0.15) is 5.82 Å². The molecule has 3 rings (SSSR count).